The summed E-state index contributed by atoms with van der Waals surface area (Å²) in [6, 6.07) is 137. The van der Waals surface area contributed by atoms with Gasteiger partial charge in [0.25, 0.3) is 0 Å². The monoisotopic (exact) mass is 2600 g/mol. The van der Waals surface area contributed by atoms with E-state index in [1.54, 1.807) is 24.8 Å². The van der Waals surface area contributed by atoms with Gasteiger partial charge in [-0.1, -0.05) is 270 Å². The van der Waals surface area contributed by atoms with Crippen molar-refractivity contribution in [3.8, 4) is 112 Å². The molecule has 0 N–H and O–H groups in total. The van der Waals surface area contributed by atoms with Crippen molar-refractivity contribution in [1.29, 1.82) is 0 Å². The number of pyridine rings is 8. The topological polar surface area (TPSA) is 103 Å². The van der Waals surface area contributed by atoms with Crippen LogP contribution in [-0.4, -0.2) is 72.2 Å². The maximum absolute atomic E-state index is 4.77. The molecular weight excluding hydrogens is 2470 g/mol. The van der Waals surface area contributed by atoms with Gasteiger partial charge in [-0.15, -0.1) is 286 Å². The summed E-state index contributed by atoms with van der Waals surface area (Å²) < 4.78 is 0. The smallest absolute Gasteiger partial charge is 0.0803 e. The van der Waals surface area contributed by atoms with E-state index in [0.29, 0.717) is 11.8 Å². The maximum atomic E-state index is 4.77. The molecule has 8 heterocycles. The Kier molecular flexibility index (Phi) is 47.6. The Labute approximate surface area is 888 Å². The number of benzene rings is 10. The Balaban J connectivity index is 0.000000218. The van der Waals surface area contributed by atoms with Crippen molar-refractivity contribution in [2.45, 2.75) is 140 Å². The van der Waals surface area contributed by atoms with Crippen molar-refractivity contribution < 1.29 is 80.4 Å². The van der Waals surface area contributed by atoms with Crippen LogP contribution in [0.3, 0.4) is 0 Å². The van der Waals surface area contributed by atoms with Crippen LogP contribution in [0, 0.1) is 81.1 Å². The normalized spacial score (nSPS) is 10.7. The van der Waals surface area contributed by atoms with E-state index >= 15 is 0 Å². The summed E-state index contributed by atoms with van der Waals surface area (Å²) in [5.41, 5.74) is 28.2. The zero-order chi connectivity index (χ0) is 96.2. The molecule has 18 aromatic rings. The number of nitrogens with zero attached hydrogens (tertiary/aromatic N) is 8. The fourth-order valence-electron chi connectivity index (χ4n) is 15.3. The average molecular weight is 2600 g/mol. The molecule has 0 fully saturated rings. The van der Waals surface area contributed by atoms with Gasteiger partial charge < -0.3 is 39.9 Å². The molecule has 18 rings (SSSR count). The summed E-state index contributed by atoms with van der Waals surface area (Å²) >= 11 is 0. The SMILES string of the molecule is CC(C)Cc1cc(-c2[c-]cccc2)ncc1[Si](C)(C)C.C[Si](C)(C)c1cnc(-c2[c-]cccc2)cc1-c1ccccc1.Cc1[c-]c(-c2cc(CC(C)C)c([Si](C)(C)C)cn2)cc(C)c1.Cc1cc(-c2[c-]ccc(-c3ccccc3)c2)ncc1[Si](C)(C)C.[Ir].[Ir].[Ir].[Ir].[c-]1ccccc1-c1ccccn1.[c-]1ccccc1-c1ccccn1.[c-]1ccccc1-c1ccccn1.[c-]1ccccc1-c1ccccn1. The van der Waals surface area contributed by atoms with Gasteiger partial charge in [-0.25, -0.2) is 0 Å². The van der Waals surface area contributed by atoms with Crippen molar-refractivity contribution in [3.63, 3.8) is 0 Å². The summed E-state index contributed by atoms with van der Waals surface area (Å²) in [6.45, 7) is 44.1. The van der Waals surface area contributed by atoms with Crippen LogP contribution in [0.2, 0.25) is 78.6 Å². The van der Waals surface area contributed by atoms with Gasteiger partial charge in [-0.2, -0.15) is 0 Å². The summed E-state index contributed by atoms with van der Waals surface area (Å²) in [6.07, 6.45) is 17.8. The Morgan fingerprint density at radius 1 is 0.237 bits per heavy atom. The van der Waals surface area contributed by atoms with Gasteiger partial charge in [0.2, 0.25) is 0 Å². The van der Waals surface area contributed by atoms with Crippen LogP contribution in [0.4, 0.5) is 0 Å². The molecule has 0 aliphatic carbocycles. The Hall–Kier alpha value is -11.1. The number of aryl methyl sites for hydroxylation is 3. The average Bonchev–Trinajstić information content (AvgIpc) is 0.790. The Morgan fingerprint density at radius 2 is 0.532 bits per heavy atom. The second kappa shape index (κ2) is 57.6. The number of hydrogen-bond donors (Lipinski definition) is 0. The van der Waals surface area contributed by atoms with Crippen molar-refractivity contribution >= 4 is 53.0 Å². The van der Waals surface area contributed by atoms with E-state index in [9.17, 15) is 0 Å². The Bertz CT molecular complexity index is 6100. The zero-order valence-corrected chi connectivity index (χ0v) is 96.9. The zero-order valence-electron chi connectivity index (χ0n) is 83.4. The molecule has 718 valence electrons. The summed E-state index contributed by atoms with van der Waals surface area (Å²) in [5, 5.41) is 5.82. The molecule has 4 radical (unpaired) electrons. The molecule has 16 heteroatoms. The fraction of sp³-hybridized carbons (Fsp3) is 0.187. The molecular formula is C123H126Ir4N8Si4-8. The molecule has 139 heavy (non-hydrogen) atoms. The minimum absolute atomic E-state index is 0. The molecule has 0 saturated carbocycles. The van der Waals surface area contributed by atoms with Gasteiger partial charge in [0.15, 0.2) is 0 Å². The quantitative estimate of drug-likeness (QED) is 0.0618. The van der Waals surface area contributed by atoms with Crippen molar-refractivity contribution in [1.82, 2.24) is 39.9 Å². The standard InChI is InChI=1S/C21H22NSi.C20H20NSi.C20H28NSi.C18H24NSi.4C11H8N.4Ir/c1-16-13-20(22-15-21(16)23(2,3)4)19-12-8-11-18(14-19)17-9-6-5-7-10-17;1-22(2,3)20-15-21-19(17-12-8-5-9-13-17)14-18(20)16-10-6-4-7-11-16;1-14(2)8-18-12-19(21-13-20(18)22(5,6)7)17-10-15(3)9-16(4)11-17;1-14(2)11-16-12-17(15-9-7-6-8-10-15)19-13-18(16)20(3,4)5;4*1-2-6-10(7-3-1)11-8-4-5-9-12-11;;;;/h5-11,13-15H,1-4H3;4-12,14-15H,1-3H3;9-10,12-14H,8H2,1-7H3;6-9,12-14H,11H2,1-5H3;4*1-6,8-9H;;;;/q8*-1;;;;. The minimum Gasteiger partial charge on any atom is -0.305 e. The first-order chi connectivity index (χ1) is 64.9. The van der Waals surface area contributed by atoms with E-state index in [4.69, 9.17) is 15.0 Å². The molecule has 0 saturated heterocycles. The largest absolute Gasteiger partial charge is 0.305 e. The molecule has 10 aromatic carbocycles. The van der Waals surface area contributed by atoms with E-state index in [0.717, 1.165) is 103 Å². The van der Waals surface area contributed by atoms with Crippen LogP contribution in [-0.2, 0) is 93.3 Å². The van der Waals surface area contributed by atoms with Crippen molar-refractivity contribution in [3.05, 3.63) is 460 Å². The molecule has 0 aliphatic heterocycles. The van der Waals surface area contributed by atoms with E-state index in [-0.39, 0.29) is 80.4 Å². The van der Waals surface area contributed by atoms with E-state index in [2.05, 4.69) is 341 Å². The number of rotatable bonds is 18. The van der Waals surface area contributed by atoms with Gasteiger partial charge in [0, 0.05) is 130 Å². The maximum Gasteiger partial charge on any atom is 0.0803 e. The molecule has 8 aromatic heterocycles. The minimum atomic E-state index is -1.46. The molecule has 0 bridgehead atoms. The first-order valence-electron chi connectivity index (χ1n) is 46.5. The second-order valence-electron chi connectivity index (χ2n) is 38.1. The van der Waals surface area contributed by atoms with Crippen molar-refractivity contribution in [2.24, 2.45) is 11.8 Å². The summed E-state index contributed by atoms with van der Waals surface area (Å²) in [4.78, 5) is 35.7. The fourth-order valence-corrected chi connectivity index (χ4v) is 21.6. The van der Waals surface area contributed by atoms with Crippen molar-refractivity contribution in [2.75, 3.05) is 0 Å². The van der Waals surface area contributed by atoms with E-state index < -0.39 is 32.3 Å². The first kappa shape index (κ1) is 115. The summed E-state index contributed by atoms with van der Waals surface area (Å²) in [7, 11) is -5.50. The summed E-state index contributed by atoms with van der Waals surface area (Å²) in [5.74, 6) is 1.33. The third-order valence-electron chi connectivity index (χ3n) is 21.7. The number of hydrogen-bond acceptors (Lipinski definition) is 8. The predicted octanol–water partition coefficient (Wildman–Crippen LogP) is 29.2. The van der Waals surface area contributed by atoms with Gasteiger partial charge in [0.05, 0.1) is 32.3 Å². The van der Waals surface area contributed by atoms with E-state index in [1.165, 1.54) is 70.8 Å². The number of aromatic nitrogens is 8. The van der Waals surface area contributed by atoms with Crippen LogP contribution < -0.4 is 20.7 Å². The van der Waals surface area contributed by atoms with E-state index in [1.807, 2.05) is 218 Å². The van der Waals surface area contributed by atoms with Gasteiger partial charge in [-0.3, -0.25) is 0 Å². The van der Waals surface area contributed by atoms with Gasteiger partial charge >= 0.3 is 0 Å². The van der Waals surface area contributed by atoms with Crippen LogP contribution in [0.15, 0.2) is 383 Å². The van der Waals surface area contributed by atoms with Gasteiger partial charge in [-0.05, 0) is 139 Å². The molecule has 0 spiro atoms. The van der Waals surface area contributed by atoms with Crippen LogP contribution >= 0.6 is 0 Å². The molecule has 0 amide bonds. The van der Waals surface area contributed by atoms with Crippen LogP contribution in [0.25, 0.3) is 112 Å². The van der Waals surface area contributed by atoms with Crippen LogP contribution in [0.5, 0.6) is 0 Å². The van der Waals surface area contributed by atoms with Crippen LogP contribution in [0.1, 0.15) is 55.5 Å². The molecule has 8 nitrogen and oxygen atoms in total. The van der Waals surface area contributed by atoms with Gasteiger partial charge in [0.1, 0.15) is 0 Å². The molecule has 0 aliphatic rings. The first-order valence-corrected chi connectivity index (χ1v) is 60.5. The third-order valence-corrected chi connectivity index (χ3v) is 30.0. The molecule has 0 unspecified atom stereocenters. The molecule has 0 atom stereocenters. The second-order valence-corrected chi connectivity index (χ2v) is 58.3. The predicted molar refractivity (Wildman–Crippen MR) is 582 cm³/mol. The third kappa shape index (κ3) is 37.1. The Morgan fingerprint density at radius 3 is 0.842 bits per heavy atom.